The quantitative estimate of drug-likeness (QED) is 0.724. The highest BCUT2D eigenvalue weighted by Gasteiger charge is 2.33. The van der Waals surface area contributed by atoms with Crippen molar-refractivity contribution < 1.29 is 22.7 Å². The Morgan fingerprint density at radius 3 is 2.76 bits per heavy atom. The number of carbonyl (C=O) groups is 1. The van der Waals surface area contributed by atoms with Crippen molar-refractivity contribution in [3.63, 3.8) is 0 Å². The number of hydrogen-bond acceptors (Lipinski definition) is 3. The predicted octanol–water partition coefficient (Wildman–Crippen LogP) is 3.17. The van der Waals surface area contributed by atoms with Crippen LogP contribution in [0, 0.1) is 0 Å². The van der Waals surface area contributed by atoms with Crippen LogP contribution in [0.2, 0.25) is 5.02 Å². The average molecular weight is 325 g/mol. The molecular formula is C13H16ClF3N2O2. The fourth-order valence-corrected chi connectivity index (χ4v) is 1.89. The molecular weight excluding hydrogens is 309 g/mol. The van der Waals surface area contributed by atoms with Crippen LogP contribution in [0.3, 0.4) is 0 Å². The van der Waals surface area contributed by atoms with Crippen molar-refractivity contribution in [1.82, 2.24) is 9.88 Å². The lowest BCUT2D eigenvalue weighted by Gasteiger charge is -2.24. The zero-order valence-corrected chi connectivity index (χ0v) is 12.2. The van der Waals surface area contributed by atoms with E-state index in [-0.39, 0.29) is 17.1 Å². The van der Waals surface area contributed by atoms with Crippen molar-refractivity contribution in [3.05, 3.63) is 29.0 Å². The molecule has 0 fully saturated rings. The lowest BCUT2D eigenvalue weighted by molar-refractivity contribution is -0.141. The molecule has 0 saturated carbocycles. The van der Waals surface area contributed by atoms with E-state index in [1.54, 1.807) is 6.92 Å². The second kappa shape index (κ2) is 8.19. The first-order valence-corrected chi connectivity index (χ1v) is 6.76. The molecule has 0 unspecified atom stereocenters. The van der Waals surface area contributed by atoms with Crippen molar-refractivity contribution in [3.8, 4) is 0 Å². The molecule has 1 aromatic heterocycles. The monoisotopic (exact) mass is 324 g/mol. The summed E-state index contributed by atoms with van der Waals surface area (Å²) in [6, 6.07) is 1.30. The zero-order valence-electron chi connectivity index (χ0n) is 11.5. The third-order valence-electron chi connectivity index (χ3n) is 2.58. The highest BCUT2D eigenvalue weighted by Crippen LogP contribution is 2.21. The van der Waals surface area contributed by atoms with Gasteiger partial charge < -0.3 is 9.64 Å². The number of hydrogen-bond donors (Lipinski definition) is 0. The fourth-order valence-electron chi connectivity index (χ4n) is 1.69. The Kier molecular flexibility index (Phi) is 6.91. The van der Waals surface area contributed by atoms with Gasteiger partial charge in [-0.3, -0.25) is 9.78 Å². The predicted molar refractivity (Wildman–Crippen MR) is 72.3 cm³/mol. The minimum Gasteiger partial charge on any atom is -0.382 e. The molecule has 0 aromatic carbocycles. The van der Waals surface area contributed by atoms with E-state index >= 15 is 0 Å². The summed E-state index contributed by atoms with van der Waals surface area (Å²) >= 11 is 5.80. The first-order chi connectivity index (χ1) is 9.85. The van der Waals surface area contributed by atoms with Crippen LogP contribution in [0.4, 0.5) is 13.2 Å². The maximum absolute atomic E-state index is 12.6. The third-order valence-corrected chi connectivity index (χ3v) is 2.88. The van der Waals surface area contributed by atoms with Crippen molar-refractivity contribution in [2.45, 2.75) is 19.5 Å². The summed E-state index contributed by atoms with van der Waals surface area (Å²) in [7, 11) is 0. The molecule has 118 valence electrons. The highest BCUT2D eigenvalue weighted by atomic mass is 35.5. The molecule has 1 amide bonds. The molecule has 0 aliphatic heterocycles. The number of alkyl halides is 3. The van der Waals surface area contributed by atoms with Crippen molar-refractivity contribution in [2.75, 3.05) is 26.3 Å². The molecule has 8 heteroatoms. The van der Waals surface area contributed by atoms with E-state index in [0.717, 1.165) is 4.90 Å². The Hall–Kier alpha value is -1.34. The molecule has 4 nitrogen and oxygen atoms in total. The summed E-state index contributed by atoms with van der Waals surface area (Å²) in [5, 5.41) is 0.0273. The van der Waals surface area contributed by atoms with Gasteiger partial charge in [0.15, 0.2) is 0 Å². The SMILES string of the molecule is CCOCCCN(CC(F)(F)F)C(=O)c1ccncc1Cl. The molecule has 1 aromatic rings. The average Bonchev–Trinajstić information content (AvgIpc) is 2.41. The standard InChI is InChI=1S/C13H16ClF3N2O2/c1-2-21-7-3-6-19(9-13(15,16)17)12(20)10-4-5-18-8-11(10)14/h4-5,8H,2-3,6-7,9H2,1H3. The van der Waals surface area contributed by atoms with Crippen molar-refractivity contribution in [1.29, 1.82) is 0 Å². The van der Waals surface area contributed by atoms with Gasteiger partial charge in [-0.05, 0) is 19.4 Å². The van der Waals surface area contributed by atoms with Crippen LogP contribution in [-0.4, -0.2) is 48.3 Å². The fraction of sp³-hybridized carbons (Fsp3) is 0.538. The summed E-state index contributed by atoms with van der Waals surface area (Å²) in [6.07, 6.45) is -1.62. The second-order valence-electron chi connectivity index (χ2n) is 4.25. The number of halogens is 4. The molecule has 0 N–H and O–H groups in total. The lowest BCUT2D eigenvalue weighted by atomic mass is 10.2. The Bertz CT molecular complexity index is 469. The molecule has 0 aliphatic carbocycles. The van der Waals surface area contributed by atoms with Crippen LogP contribution in [0.1, 0.15) is 23.7 Å². The minimum atomic E-state index is -4.47. The van der Waals surface area contributed by atoms with E-state index in [9.17, 15) is 18.0 Å². The van der Waals surface area contributed by atoms with Crippen LogP contribution < -0.4 is 0 Å². The molecule has 0 spiro atoms. The Morgan fingerprint density at radius 2 is 2.19 bits per heavy atom. The highest BCUT2D eigenvalue weighted by molar-refractivity contribution is 6.33. The van der Waals surface area contributed by atoms with E-state index in [4.69, 9.17) is 16.3 Å². The maximum Gasteiger partial charge on any atom is 0.406 e. The number of aromatic nitrogens is 1. The van der Waals surface area contributed by atoms with Gasteiger partial charge in [0.1, 0.15) is 6.54 Å². The van der Waals surface area contributed by atoms with E-state index in [1.807, 2.05) is 0 Å². The first kappa shape index (κ1) is 17.7. The van der Waals surface area contributed by atoms with Gasteiger partial charge in [0, 0.05) is 32.2 Å². The van der Waals surface area contributed by atoms with Gasteiger partial charge in [-0.1, -0.05) is 11.6 Å². The first-order valence-electron chi connectivity index (χ1n) is 6.38. The van der Waals surface area contributed by atoms with Crippen LogP contribution in [-0.2, 0) is 4.74 Å². The van der Waals surface area contributed by atoms with E-state index < -0.39 is 18.6 Å². The van der Waals surface area contributed by atoms with Crippen LogP contribution in [0.25, 0.3) is 0 Å². The third kappa shape index (κ3) is 6.31. The number of amides is 1. The number of rotatable bonds is 7. The van der Waals surface area contributed by atoms with Crippen molar-refractivity contribution >= 4 is 17.5 Å². The molecule has 0 atom stereocenters. The van der Waals surface area contributed by atoms with Gasteiger partial charge in [0.2, 0.25) is 0 Å². The normalized spacial score (nSPS) is 11.5. The van der Waals surface area contributed by atoms with Gasteiger partial charge in [0.25, 0.3) is 5.91 Å². The van der Waals surface area contributed by atoms with Crippen molar-refractivity contribution in [2.24, 2.45) is 0 Å². The smallest absolute Gasteiger partial charge is 0.382 e. The van der Waals surface area contributed by atoms with Crippen LogP contribution in [0.15, 0.2) is 18.5 Å². The lowest BCUT2D eigenvalue weighted by Crippen LogP contribution is -2.40. The van der Waals surface area contributed by atoms with Gasteiger partial charge >= 0.3 is 6.18 Å². The molecule has 21 heavy (non-hydrogen) atoms. The topological polar surface area (TPSA) is 42.4 Å². The van der Waals surface area contributed by atoms with Gasteiger partial charge in [-0.25, -0.2) is 0 Å². The Balaban J connectivity index is 2.79. The Labute approximate surface area is 125 Å². The molecule has 0 aliphatic rings. The Morgan fingerprint density at radius 1 is 1.48 bits per heavy atom. The largest absolute Gasteiger partial charge is 0.406 e. The molecule has 0 saturated heterocycles. The molecule has 0 radical (unpaired) electrons. The van der Waals surface area contributed by atoms with E-state index in [1.165, 1.54) is 18.5 Å². The number of ether oxygens (including phenoxy) is 1. The van der Waals surface area contributed by atoms with Crippen LogP contribution in [0.5, 0.6) is 0 Å². The number of carbonyl (C=O) groups excluding carboxylic acids is 1. The molecule has 1 heterocycles. The summed E-state index contributed by atoms with van der Waals surface area (Å²) < 4.78 is 42.8. The number of pyridine rings is 1. The van der Waals surface area contributed by atoms with Crippen LogP contribution >= 0.6 is 11.6 Å². The number of nitrogens with zero attached hydrogens (tertiary/aromatic N) is 2. The summed E-state index contributed by atoms with van der Waals surface area (Å²) in [5.41, 5.74) is 0.00678. The summed E-state index contributed by atoms with van der Waals surface area (Å²) in [6.45, 7) is 1.18. The van der Waals surface area contributed by atoms with Gasteiger partial charge in [-0.15, -0.1) is 0 Å². The maximum atomic E-state index is 12.6. The molecule has 0 bridgehead atoms. The van der Waals surface area contributed by atoms with Gasteiger partial charge in [-0.2, -0.15) is 13.2 Å². The van der Waals surface area contributed by atoms with E-state index in [0.29, 0.717) is 19.6 Å². The summed E-state index contributed by atoms with van der Waals surface area (Å²) in [4.78, 5) is 16.6. The summed E-state index contributed by atoms with van der Waals surface area (Å²) in [5.74, 6) is -0.767. The van der Waals surface area contributed by atoms with Gasteiger partial charge in [0.05, 0.1) is 10.6 Å². The molecule has 1 rings (SSSR count). The minimum absolute atomic E-state index is 0.00678. The second-order valence-corrected chi connectivity index (χ2v) is 4.66. The zero-order chi connectivity index (χ0) is 15.9. The van der Waals surface area contributed by atoms with E-state index in [2.05, 4.69) is 4.98 Å².